The number of rotatable bonds is 10. The summed E-state index contributed by atoms with van der Waals surface area (Å²) >= 11 is 0. The van der Waals surface area contributed by atoms with Gasteiger partial charge in [0.05, 0.1) is 19.5 Å². The van der Waals surface area contributed by atoms with E-state index < -0.39 is 0 Å². The minimum atomic E-state index is -0.151. The van der Waals surface area contributed by atoms with Crippen LogP contribution in [0.25, 0.3) is 6.08 Å². The molecule has 0 fully saturated rings. The summed E-state index contributed by atoms with van der Waals surface area (Å²) in [5.41, 5.74) is 2.21. The average molecular weight is 274 g/mol. The van der Waals surface area contributed by atoms with Gasteiger partial charge in [-0.05, 0) is 30.4 Å². The lowest BCUT2D eigenvalue weighted by Gasteiger charge is -2.05. The van der Waals surface area contributed by atoms with Crippen LogP contribution < -0.4 is 0 Å². The molecule has 3 heteroatoms. The fraction of sp³-hybridized carbons (Fsp3) is 0.353. The second-order valence-electron chi connectivity index (χ2n) is 4.41. The molecule has 1 aromatic carbocycles. The van der Waals surface area contributed by atoms with Crippen LogP contribution in [0.15, 0.2) is 43.7 Å². The number of esters is 1. The standard InChI is InChI=1S/C17H22O3/c1-3-15-7-9-16(10-8-15)11-12-17(18)20-14-6-5-13-19-4-2/h3-4,7-10H,1-2,5-6,11-14H2. The molecule has 0 saturated carbocycles. The summed E-state index contributed by atoms with van der Waals surface area (Å²) in [6, 6.07) is 8.01. The highest BCUT2D eigenvalue weighted by Crippen LogP contribution is 2.08. The van der Waals surface area contributed by atoms with Crippen LogP contribution in [0.4, 0.5) is 0 Å². The highest BCUT2D eigenvalue weighted by atomic mass is 16.5. The fourth-order valence-electron chi connectivity index (χ4n) is 1.70. The summed E-state index contributed by atoms with van der Waals surface area (Å²) in [7, 11) is 0. The van der Waals surface area contributed by atoms with Crippen molar-refractivity contribution < 1.29 is 14.3 Å². The van der Waals surface area contributed by atoms with E-state index >= 15 is 0 Å². The second kappa shape index (κ2) is 9.84. The van der Waals surface area contributed by atoms with Gasteiger partial charge in [-0.25, -0.2) is 0 Å². The molecule has 0 aromatic heterocycles. The molecule has 0 aliphatic heterocycles. The lowest BCUT2D eigenvalue weighted by molar-refractivity contribution is -0.143. The zero-order chi connectivity index (χ0) is 14.6. The van der Waals surface area contributed by atoms with Gasteiger partial charge < -0.3 is 9.47 Å². The van der Waals surface area contributed by atoms with Crippen LogP contribution in [-0.2, 0) is 20.7 Å². The maximum atomic E-state index is 11.5. The first kappa shape index (κ1) is 16.0. The van der Waals surface area contributed by atoms with Gasteiger partial charge in [-0.2, -0.15) is 0 Å². The molecule has 0 saturated heterocycles. The average Bonchev–Trinajstić information content (AvgIpc) is 2.49. The molecule has 20 heavy (non-hydrogen) atoms. The Labute approximate surface area is 120 Å². The van der Waals surface area contributed by atoms with Gasteiger partial charge in [-0.1, -0.05) is 43.5 Å². The Morgan fingerprint density at radius 1 is 1.10 bits per heavy atom. The lowest BCUT2D eigenvalue weighted by atomic mass is 10.1. The third-order valence-corrected chi connectivity index (χ3v) is 2.87. The van der Waals surface area contributed by atoms with Gasteiger partial charge >= 0.3 is 5.97 Å². The van der Waals surface area contributed by atoms with Crippen LogP contribution in [-0.4, -0.2) is 19.2 Å². The number of carbonyl (C=O) groups excluding carboxylic acids is 1. The Morgan fingerprint density at radius 2 is 1.80 bits per heavy atom. The third-order valence-electron chi connectivity index (χ3n) is 2.87. The van der Waals surface area contributed by atoms with Crippen molar-refractivity contribution in [3.63, 3.8) is 0 Å². The molecule has 0 heterocycles. The highest BCUT2D eigenvalue weighted by molar-refractivity contribution is 5.69. The van der Waals surface area contributed by atoms with E-state index in [-0.39, 0.29) is 5.97 Å². The molecule has 0 bridgehead atoms. The molecule has 0 N–H and O–H groups in total. The SMILES string of the molecule is C=COCCCCOC(=O)CCc1ccc(C=C)cc1. The maximum Gasteiger partial charge on any atom is 0.306 e. The van der Waals surface area contributed by atoms with Crippen molar-refractivity contribution >= 4 is 12.0 Å². The third kappa shape index (κ3) is 6.78. The van der Waals surface area contributed by atoms with Gasteiger partial charge in [0.1, 0.15) is 0 Å². The number of aryl methyl sites for hydroxylation is 1. The predicted molar refractivity (Wildman–Crippen MR) is 81.2 cm³/mol. The molecule has 1 aromatic rings. The summed E-state index contributed by atoms with van der Waals surface area (Å²) < 4.78 is 10.1. The Morgan fingerprint density at radius 3 is 2.45 bits per heavy atom. The van der Waals surface area contributed by atoms with E-state index in [1.54, 1.807) is 6.08 Å². The molecule has 0 spiro atoms. The zero-order valence-electron chi connectivity index (χ0n) is 11.8. The van der Waals surface area contributed by atoms with Crippen LogP contribution in [0.2, 0.25) is 0 Å². The predicted octanol–water partition coefficient (Wildman–Crippen LogP) is 3.75. The van der Waals surface area contributed by atoms with E-state index in [4.69, 9.17) is 9.47 Å². The number of carbonyl (C=O) groups is 1. The van der Waals surface area contributed by atoms with Crippen LogP contribution in [0.3, 0.4) is 0 Å². The largest absolute Gasteiger partial charge is 0.502 e. The number of ether oxygens (including phenoxy) is 2. The minimum Gasteiger partial charge on any atom is -0.502 e. The minimum absolute atomic E-state index is 0.151. The Kier molecular flexibility index (Phi) is 7.89. The number of unbranched alkanes of at least 4 members (excludes halogenated alkanes) is 1. The van der Waals surface area contributed by atoms with Crippen molar-refractivity contribution in [2.45, 2.75) is 25.7 Å². The molecule has 1 rings (SSSR count). The normalized spacial score (nSPS) is 9.80. The van der Waals surface area contributed by atoms with E-state index in [0.29, 0.717) is 26.1 Å². The molecule has 3 nitrogen and oxygen atoms in total. The van der Waals surface area contributed by atoms with Crippen molar-refractivity contribution in [2.24, 2.45) is 0 Å². The molecule has 0 aliphatic rings. The van der Waals surface area contributed by atoms with Gasteiger partial charge in [-0.15, -0.1) is 0 Å². The topological polar surface area (TPSA) is 35.5 Å². The summed E-state index contributed by atoms with van der Waals surface area (Å²) in [4.78, 5) is 11.5. The van der Waals surface area contributed by atoms with Gasteiger partial charge in [-0.3, -0.25) is 4.79 Å². The summed E-state index contributed by atoms with van der Waals surface area (Å²) in [6.07, 6.45) is 6.01. The van der Waals surface area contributed by atoms with Crippen molar-refractivity contribution in [1.82, 2.24) is 0 Å². The summed E-state index contributed by atoms with van der Waals surface area (Å²) in [6.45, 7) is 8.24. The smallest absolute Gasteiger partial charge is 0.306 e. The van der Waals surface area contributed by atoms with E-state index in [9.17, 15) is 4.79 Å². The Balaban J connectivity index is 2.12. The first-order valence-corrected chi connectivity index (χ1v) is 6.85. The molecular weight excluding hydrogens is 252 g/mol. The van der Waals surface area contributed by atoms with Crippen LogP contribution in [0.1, 0.15) is 30.4 Å². The van der Waals surface area contributed by atoms with Crippen molar-refractivity contribution in [1.29, 1.82) is 0 Å². The Bertz CT molecular complexity index is 420. The first-order chi connectivity index (χ1) is 9.76. The molecule has 0 aliphatic carbocycles. The van der Waals surface area contributed by atoms with E-state index in [0.717, 1.165) is 24.0 Å². The monoisotopic (exact) mass is 274 g/mol. The van der Waals surface area contributed by atoms with E-state index in [1.165, 1.54) is 6.26 Å². The molecule has 108 valence electrons. The van der Waals surface area contributed by atoms with Gasteiger partial charge in [0.2, 0.25) is 0 Å². The van der Waals surface area contributed by atoms with Crippen LogP contribution >= 0.6 is 0 Å². The van der Waals surface area contributed by atoms with Crippen molar-refractivity contribution in [3.05, 3.63) is 54.8 Å². The van der Waals surface area contributed by atoms with Crippen LogP contribution in [0.5, 0.6) is 0 Å². The summed E-state index contributed by atoms with van der Waals surface area (Å²) in [5, 5.41) is 0. The molecular formula is C17H22O3. The quantitative estimate of drug-likeness (QED) is 0.370. The molecule has 0 radical (unpaired) electrons. The fourth-order valence-corrected chi connectivity index (χ4v) is 1.70. The number of hydrogen-bond acceptors (Lipinski definition) is 3. The van der Waals surface area contributed by atoms with Crippen molar-refractivity contribution in [3.8, 4) is 0 Å². The second-order valence-corrected chi connectivity index (χ2v) is 4.41. The maximum absolute atomic E-state index is 11.5. The lowest BCUT2D eigenvalue weighted by Crippen LogP contribution is -2.07. The molecule has 0 amide bonds. The Hall–Kier alpha value is -2.03. The molecule has 0 unspecified atom stereocenters. The van der Waals surface area contributed by atoms with Crippen molar-refractivity contribution in [2.75, 3.05) is 13.2 Å². The van der Waals surface area contributed by atoms with Gasteiger partial charge in [0, 0.05) is 6.42 Å². The number of hydrogen-bond donors (Lipinski definition) is 0. The van der Waals surface area contributed by atoms with Crippen LogP contribution in [0, 0.1) is 0 Å². The van der Waals surface area contributed by atoms with Gasteiger partial charge in [0.15, 0.2) is 0 Å². The first-order valence-electron chi connectivity index (χ1n) is 6.85. The van der Waals surface area contributed by atoms with E-state index in [2.05, 4.69) is 13.2 Å². The zero-order valence-corrected chi connectivity index (χ0v) is 11.8. The summed E-state index contributed by atoms with van der Waals surface area (Å²) in [5.74, 6) is -0.151. The highest BCUT2D eigenvalue weighted by Gasteiger charge is 2.03. The molecule has 0 atom stereocenters. The van der Waals surface area contributed by atoms with E-state index in [1.807, 2.05) is 24.3 Å². The number of benzene rings is 1. The van der Waals surface area contributed by atoms with Gasteiger partial charge in [0.25, 0.3) is 0 Å².